The molecule has 0 unspecified atom stereocenters. The Kier molecular flexibility index (Phi) is 5.96. The number of carbonyl (C=O) groups is 1. The minimum absolute atomic E-state index is 0.0765. The van der Waals surface area contributed by atoms with E-state index < -0.39 is 6.61 Å². The summed E-state index contributed by atoms with van der Waals surface area (Å²) in [5.41, 5.74) is 2.08. The summed E-state index contributed by atoms with van der Waals surface area (Å²) in [5, 5.41) is 0. The number of halogens is 2. The van der Waals surface area contributed by atoms with Crippen LogP contribution in [0, 0.1) is 0 Å². The maximum atomic E-state index is 13.0. The van der Waals surface area contributed by atoms with Crippen LogP contribution in [0.2, 0.25) is 0 Å². The summed E-state index contributed by atoms with van der Waals surface area (Å²) >= 11 is 0. The number of morpholine rings is 1. The monoisotopic (exact) mass is 359 g/mol. The highest BCUT2D eigenvalue weighted by atomic mass is 19.3. The Labute approximate surface area is 150 Å². The van der Waals surface area contributed by atoms with Gasteiger partial charge in [0.2, 0.25) is 0 Å². The van der Waals surface area contributed by atoms with Gasteiger partial charge in [0, 0.05) is 18.7 Å². The summed E-state index contributed by atoms with van der Waals surface area (Å²) < 4.78 is 34.2. The Morgan fingerprint density at radius 1 is 1.04 bits per heavy atom. The number of nitrogens with zero attached hydrogens (tertiary/aromatic N) is 1. The molecule has 2 aromatic carbocycles. The quantitative estimate of drug-likeness (QED) is 0.604. The van der Waals surface area contributed by atoms with Gasteiger partial charge in [-0.25, -0.2) is 0 Å². The molecule has 3 rings (SSSR count). The van der Waals surface area contributed by atoms with Gasteiger partial charge in [-0.3, -0.25) is 4.79 Å². The molecular formula is C20H19F2NO3. The maximum absolute atomic E-state index is 13.0. The fourth-order valence-electron chi connectivity index (χ4n) is 2.74. The minimum atomic E-state index is -2.86. The smallest absolute Gasteiger partial charge is 0.387 e. The van der Waals surface area contributed by atoms with E-state index in [1.54, 1.807) is 23.1 Å². The van der Waals surface area contributed by atoms with Crippen LogP contribution in [0.1, 0.15) is 11.1 Å². The second-order valence-electron chi connectivity index (χ2n) is 5.78. The molecule has 0 aromatic heterocycles. The van der Waals surface area contributed by atoms with Crippen molar-refractivity contribution < 1.29 is 23.0 Å². The van der Waals surface area contributed by atoms with Crippen LogP contribution in [0.5, 0.6) is 5.75 Å². The Balaban J connectivity index is 1.89. The first kappa shape index (κ1) is 18.1. The van der Waals surface area contributed by atoms with Crippen molar-refractivity contribution in [1.29, 1.82) is 0 Å². The zero-order valence-corrected chi connectivity index (χ0v) is 14.1. The van der Waals surface area contributed by atoms with E-state index in [-0.39, 0.29) is 11.7 Å². The van der Waals surface area contributed by atoms with E-state index >= 15 is 0 Å². The summed E-state index contributed by atoms with van der Waals surface area (Å²) in [6.45, 7) is -0.728. The second-order valence-corrected chi connectivity index (χ2v) is 5.78. The molecule has 0 spiro atoms. The Bertz CT molecular complexity index is 754. The van der Waals surface area contributed by atoms with Crippen molar-refractivity contribution in [3.63, 3.8) is 0 Å². The van der Waals surface area contributed by atoms with Gasteiger partial charge in [0.1, 0.15) is 5.75 Å². The van der Waals surface area contributed by atoms with E-state index in [2.05, 4.69) is 4.74 Å². The van der Waals surface area contributed by atoms with Crippen LogP contribution in [0.25, 0.3) is 11.6 Å². The van der Waals surface area contributed by atoms with Crippen LogP contribution in [0.4, 0.5) is 8.78 Å². The summed E-state index contributed by atoms with van der Waals surface area (Å²) in [4.78, 5) is 14.8. The Morgan fingerprint density at radius 3 is 2.31 bits per heavy atom. The molecule has 0 atom stereocenters. The van der Waals surface area contributed by atoms with Gasteiger partial charge >= 0.3 is 6.61 Å². The molecule has 1 amide bonds. The summed E-state index contributed by atoms with van der Waals surface area (Å²) in [5.74, 6) is 0.00493. The van der Waals surface area contributed by atoms with Crippen LogP contribution in [-0.4, -0.2) is 43.7 Å². The van der Waals surface area contributed by atoms with E-state index in [0.29, 0.717) is 31.9 Å². The number of amides is 1. The van der Waals surface area contributed by atoms with Crippen molar-refractivity contribution in [3.8, 4) is 5.75 Å². The molecule has 0 saturated carbocycles. The van der Waals surface area contributed by atoms with E-state index in [9.17, 15) is 13.6 Å². The minimum Gasteiger partial charge on any atom is -0.435 e. The molecule has 1 fully saturated rings. The van der Waals surface area contributed by atoms with Crippen molar-refractivity contribution in [2.45, 2.75) is 6.61 Å². The van der Waals surface area contributed by atoms with E-state index in [0.717, 1.165) is 11.1 Å². The number of benzene rings is 2. The third-order valence-electron chi connectivity index (χ3n) is 4.03. The maximum Gasteiger partial charge on any atom is 0.387 e. The molecule has 0 bridgehead atoms. The summed E-state index contributed by atoms with van der Waals surface area (Å²) in [6, 6.07) is 15.6. The average molecular weight is 359 g/mol. The van der Waals surface area contributed by atoms with Crippen molar-refractivity contribution in [2.24, 2.45) is 0 Å². The molecule has 2 aromatic rings. The number of ether oxygens (including phenoxy) is 2. The van der Waals surface area contributed by atoms with E-state index in [1.165, 1.54) is 12.1 Å². The third-order valence-corrected chi connectivity index (χ3v) is 4.03. The predicted octanol–water partition coefficient (Wildman–Crippen LogP) is 3.69. The van der Waals surface area contributed by atoms with Crippen LogP contribution >= 0.6 is 0 Å². The van der Waals surface area contributed by atoms with Gasteiger partial charge in [0.15, 0.2) is 0 Å². The standard InChI is InChI=1S/C20H19F2NO3/c21-20(22)26-17-8-6-15(7-9-17)14-18(16-4-2-1-3-5-16)19(24)23-10-12-25-13-11-23/h1-9,14,20H,10-13H2. The predicted molar refractivity (Wildman–Crippen MR) is 94.8 cm³/mol. The molecule has 0 N–H and O–H groups in total. The molecule has 1 saturated heterocycles. The number of hydrogen-bond donors (Lipinski definition) is 0. The van der Waals surface area contributed by atoms with Gasteiger partial charge in [-0.2, -0.15) is 8.78 Å². The van der Waals surface area contributed by atoms with Crippen molar-refractivity contribution in [3.05, 3.63) is 65.7 Å². The normalized spacial score (nSPS) is 15.2. The van der Waals surface area contributed by atoms with E-state index in [1.807, 2.05) is 30.3 Å². The number of carbonyl (C=O) groups excluding carboxylic acids is 1. The van der Waals surface area contributed by atoms with Gasteiger partial charge in [-0.1, -0.05) is 42.5 Å². The Morgan fingerprint density at radius 2 is 1.69 bits per heavy atom. The van der Waals surface area contributed by atoms with Gasteiger partial charge in [0.25, 0.3) is 5.91 Å². The highest BCUT2D eigenvalue weighted by molar-refractivity contribution is 6.24. The molecule has 0 radical (unpaired) electrons. The van der Waals surface area contributed by atoms with Crippen LogP contribution in [0.3, 0.4) is 0 Å². The largest absolute Gasteiger partial charge is 0.435 e. The van der Waals surface area contributed by atoms with Crippen LogP contribution in [-0.2, 0) is 9.53 Å². The summed E-state index contributed by atoms with van der Waals surface area (Å²) in [6.07, 6.45) is 1.76. The first-order chi connectivity index (χ1) is 12.6. The molecule has 0 aliphatic carbocycles. The first-order valence-electron chi connectivity index (χ1n) is 8.32. The summed E-state index contributed by atoms with van der Waals surface area (Å²) in [7, 11) is 0. The molecule has 136 valence electrons. The fourth-order valence-corrected chi connectivity index (χ4v) is 2.74. The van der Waals surface area contributed by atoms with Gasteiger partial charge in [-0.05, 0) is 29.3 Å². The second kappa shape index (κ2) is 8.58. The van der Waals surface area contributed by atoms with Gasteiger partial charge in [0.05, 0.1) is 13.2 Å². The lowest BCUT2D eigenvalue weighted by Gasteiger charge is -2.28. The molecule has 1 heterocycles. The molecule has 1 aliphatic rings. The lowest BCUT2D eigenvalue weighted by Crippen LogP contribution is -2.41. The number of alkyl halides is 2. The number of hydrogen-bond acceptors (Lipinski definition) is 3. The van der Waals surface area contributed by atoms with E-state index in [4.69, 9.17) is 4.74 Å². The zero-order valence-electron chi connectivity index (χ0n) is 14.1. The first-order valence-corrected chi connectivity index (χ1v) is 8.32. The Hall–Kier alpha value is -2.73. The molecular weight excluding hydrogens is 340 g/mol. The highest BCUT2D eigenvalue weighted by Gasteiger charge is 2.21. The topological polar surface area (TPSA) is 38.8 Å². The highest BCUT2D eigenvalue weighted by Crippen LogP contribution is 2.23. The van der Waals surface area contributed by atoms with Crippen molar-refractivity contribution in [2.75, 3.05) is 26.3 Å². The van der Waals surface area contributed by atoms with Gasteiger partial charge < -0.3 is 14.4 Å². The molecule has 4 nitrogen and oxygen atoms in total. The van der Waals surface area contributed by atoms with Crippen LogP contribution < -0.4 is 4.74 Å². The molecule has 6 heteroatoms. The SMILES string of the molecule is O=C(C(=Cc1ccc(OC(F)F)cc1)c1ccccc1)N1CCOCC1. The van der Waals surface area contributed by atoms with Crippen LogP contribution in [0.15, 0.2) is 54.6 Å². The molecule has 26 heavy (non-hydrogen) atoms. The van der Waals surface area contributed by atoms with Crippen molar-refractivity contribution >= 4 is 17.6 Å². The van der Waals surface area contributed by atoms with Crippen molar-refractivity contribution in [1.82, 2.24) is 4.90 Å². The molecule has 1 aliphatic heterocycles. The fraction of sp³-hybridized carbons (Fsp3) is 0.250. The number of rotatable bonds is 5. The average Bonchev–Trinajstić information content (AvgIpc) is 2.68. The van der Waals surface area contributed by atoms with Gasteiger partial charge in [-0.15, -0.1) is 0 Å². The third kappa shape index (κ3) is 4.67. The lowest BCUT2D eigenvalue weighted by atomic mass is 10.0. The zero-order chi connectivity index (χ0) is 18.4. The lowest BCUT2D eigenvalue weighted by molar-refractivity contribution is -0.128.